The van der Waals surface area contributed by atoms with Crippen molar-refractivity contribution >= 4 is 43.5 Å². The lowest BCUT2D eigenvalue weighted by Gasteiger charge is -2.14. The average Bonchev–Trinajstić information content (AvgIpc) is 2.35. The summed E-state index contributed by atoms with van der Waals surface area (Å²) in [7, 11) is 0. The number of benzene rings is 1. The number of halogens is 4. The molecule has 1 aromatic carbocycles. The minimum atomic E-state index is -0.611. The van der Waals surface area contributed by atoms with E-state index < -0.39 is 11.9 Å². The molecule has 1 heterocycles. The van der Waals surface area contributed by atoms with Crippen LogP contribution in [0.5, 0.6) is 0 Å². The normalized spacial score (nSPS) is 12.5. The van der Waals surface area contributed by atoms with Gasteiger partial charge in [0.2, 0.25) is 0 Å². The molecular formula is C12H8Br2ClFN2. The van der Waals surface area contributed by atoms with Crippen LogP contribution in [0.1, 0.15) is 17.2 Å². The minimum Gasteiger partial charge on any atom is -0.320 e. The monoisotopic (exact) mass is 392 g/mol. The first kappa shape index (κ1) is 13.9. The van der Waals surface area contributed by atoms with E-state index in [4.69, 9.17) is 17.3 Å². The van der Waals surface area contributed by atoms with E-state index in [1.807, 2.05) is 0 Å². The Morgan fingerprint density at radius 2 is 2.00 bits per heavy atom. The van der Waals surface area contributed by atoms with Crippen LogP contribution in [0.2, 0.25) is 5.02 Å². The van der Waals surface area contributed by atoms with Crippen LogP contribution in [0.15, 0.2) is 39.5 Å². The van der Waals surface area contributed by atoms with Crippen LogP contribution in [0.4, 0.5) is 4.39 Å². The van der Waals surface area contributed by atoms with E-state index in [1.54, 1.807) is 30.6 Å². The first-order valence-corrected chi connectivity index (χ1v) is 6.96. The van der Waals surface area contributed by atoms with Crippen LogP contribution in [-0.2, 0) is 0 Å². The third kappa shape index (κ3) is 2.74. The van der Waals surface area contributed by atoms with Crippen LogP contribution in [0.25, 0.3) is 0 Å². The van der Waals surface area contributed by atoms with E-state index in [9.17, 15) is 4.39 Å². The standard InChI is InChI=1S/C12H8Br2ClFN2/c13-7-3-6(4-18-5-7)12(17)8-1-2-9(14)10(15)11(8)16/h1-5,12H,17H2. The van der Waals surface area contributed by atoms with Crippen molar-refractivity contribution in [2.24, 2.45) is 5.73 Å². The van der Waals surface area contributed by atoms with Crippen LogP contribution < -0.4 is 5.73 Å². The molecular weight excluding hydrogens is 386 g/mol. The zero-order chi connectivity index (χ0) is 13.3. The third-order valence-electron chi connectivity index (χ3n) is 2.49. The highest BCUT2D eigenvalue weighted by Gasteiger charge is 2.17. The smallest absolute Gasteiger partial charge is 0.148 e. The summed E-state index contributed by atoms with van der Waals surface area (Å²) in [5.41, 5.74) is 7.08. The molecule has 18 heavy (non-hydrogen) atoms. The molecule has 0 saturated carbocycles. The molecule has 1 atom stereocenters. The summed E-state index contributed by atoms with van der Waals surface area (Å²) in [6.45, 7) is 0. The van der Waals surface area contributed by atoms with Gasteiger partial charge in [-0.15, -0.1) is 0 Å². The second-order valence-corrected chi connectivity index (χ2v) is 5.83. The number of hydrogen-bond acceptors (Lipinski definition) is 2. The first-order valence-electron chi connectivity index (χ1n) is 5.00. The molecule has 0 saturated heterocycles. The van der Waals surface area contributed by atoms with Crippen molar-refractivity contribution in [2.45, 2.75) is 6.04 Å². The average molecular weight is 394 g/mol. The van der Waals surface area contributed by atoms with Gasteiger partial charge in [-0.2, -0.15) is 0 Å². The number of nitrogens with zero attached hydrogens (tertiary/aromatic N) is 1. The predicted molar refractivity (Wildman–Crippen MR) is 77.1 cm³/mol. The predicted octanol–water partition coefficient (Wildman–Crippen LogP) is 4.45. The lowest BCUT2D eigenvalue weighted by Crippen LogP contribution is -2.14. The molecule has 0 bridgehead atoms. The molecule has 2 N–H and O–H groups in total. The Morgan fingerprint density at radius 3 is 2.67 bits per heavy atom. The molecule has 0 spiro atoms. The number of hydrogen-bond donors (Lipinski definition) is 1. The highest BCUT2D eigenvalue weighted by Crippen LogP contribution is 2.32. The van der Waals surface area contributed by atoms with Crippen molar-refractivity contribution in [1.29, 1.82) is 0 Å². The molecule has 94 valence electrons. The molecule has 1 unspecified atom stereocenters. The van der Waals surface area contributed by atoms with Gasteiger partial charge in [0.15, 0.2) is 0 Å². The topological polar surface area (TPSA) is 38.9 Å². The van der Waals surface area contributed by atoms with Crippen molar-refractivity contribution in [2.75, 3.05) is 0 Å². The van der Waals surface area contributed by atoms with Gasteiger partial charge in [-0.05, 0) is 49.6 Å². The Balaban J connectivity index is 2.46. The Hall–Kier alpha value is -0.490. The maximum atomic E-state index is 14.0. The fourth-order valence-corrected chi connectivity index (χ4v) is 2.42. The largest absolute Gasteiger partial charge is 0.320 e. The quantitative estimate of drug-likeness (QED) is 0.765. The van der Waals surface area contributed by atoms with Crippen molar-refractivity contribution in [3.63, 3.8) is 0 Å². The molecule has 0 aliphatic carbocycles. The van der Waals surface area contributed by atoms with E-state index in [0.29, 0.717) is 15.6 Å². The lowest BCUT2D eigenvalue weighted by atomic mass is 10.0. The Labute approximate surface area is 126 Å². The van der Waals surface area contributed by atoms with Crippen LogP contribution in [-0.4, -0.2) is 4.98 Å². The van der Waals surface area contributed by atoms with E-state index in [0.717, 1.165) is 4.47 Å². The second kappa shape index (κ2) is 5.65. The Kier molecular flexibility index (Phi) is 4.37. The summed E-state index contributed by atoms with van der Waals surface area (Å²) >= 11 is 12.3. The van der Waals surface area contributed by atoms with E-state index in [2.05, 4.69) is 36.8 Å². The van der Waals surface area contributed by atoms with Gasteiger partial charge in [-0.25, -0.2) is 4.39 Å². The van der Waals surface area contributed by atoms with Gasteiger partial charge in [0.25, 0.3) is 0 Å². The third-order valence-corrected chi connectivity index (χ3v) is 4.18. The minimum absolute atomic E-state index is 0.0332. The molecule has 2 rings (SSSR count). The first-order chi connectivity index (χ1) is 8.50. The second-order valence-electron chi connectivity index (χ2n) is 3.68. The van der Waals surface area contributed by atoms with Crippen molar-refractivity contribution in [1.82, 2.24) is 4.98 Å². The number of aromatic nitrogens is 1. The van der Waals surface area contributed by atoms with Crippen molar-refractivity contribution in [3.05, 3.63) is 61.5 Å². The zero-order valence-corrected chi connectivity index (χ0v) is 12.9. The molecule has 0 aliphatic heterocycles. The van der Waals surface area contributed by atoms with Gasteiger partial charge in [0.1, 0.15) is 5.82 Å². The van der Waals surface area contributed by atoms with Gasteiger partial charge < -0.3 is 5.73 Å². The summed E-state index contributed by atoms with van der Waals surface area (Å²) in [6, 6.07) is 4.47. The highest BCUT2D eigenvalue weighted by atomic mass is 79.9. The summed E-state index contributed by atoms with van der Waals surface area (Å²) in [6.07, 6.45) is 3.24. The van der Waals surface area contributed by atoms with Gasteiger partial charge in [-0.1, -0.05) is 17.7 Å². The van der Waals surface area contributed by atoms with Gasteiger partial charge in [0.05, 0.1) is 11.1 Å². The maximum absolute atomic E-state index is 14.0. The highest BCUT2D eigenvalue weighted by molar-refractivity contribution is 9.10. The molecule has 2 aromatic rings. The lowest BCUT2D eigenvalue weighted by molar-refractivity contribution is 0.599. The van der Waals surface area contributed by atoms with Gasteiger partial charge in [-0.3, -0.25) is 4.98 Å². The van der Waals surface area contributed by atoms with Gasteiger partial charge in [0, 0.05) is 26.9 Å². The number of nitrogens with two attached hydrogens (primary N) is 1. The maximum Gasteiger partial charge on any atom is 0.148 e. The SMILES string of the molecule is NC(c1cncc(Br)c1)c1ccc(Br)c(Cl)c1F. The molecule has 0 fully saturated rings. The van der Waals surface area contributed by atoms with Crippen LogP contribution >= 0.6 is 43.5 Å². The number of pyridine rings is 1. The molecule has 2 nitrogen and oxygen atoms in total. The fourth-order valence-electron chi connectivity index (χ4n) is 1.56. The summed E-state index contributed by atoms with van der Waals surface area (Å²) in [5.74, 6) is -0.515. The Bertz CT molecular complexity index is 592. The Morgan fingerprint density at radius 1 is 1.28 bits per heavy atom. The van der Waals surface area contributed by atoms with Crippen molar-refractivity contribution < 1.29 is 4.39 Å². The zero-order valence-electron chi connectivity index (χ0n) is 9.00. The molecule has 0 amide bonds. The van der Waals surface area contributed by atoms with E-state index in [1.165, 1.54) is 0 Å². The van der Waals surface area contributed by atoms with Gasteiger partial charge >= 0.3 is 0 Å². The van der Waals surface area contributed by atoms with E-state index in [-0.39, 0.29) is 5.02 Å². The molecule has 6 heteroatoms. The number of rotatable bonds is 2. The van der Waals surface area contributed by atoms with Crippen molar-refractivity contribution in [3.8, 4) is 0 Å². The van der Waals surface area contributed by atoms with Crippen LogP contribution in [0.3, 0.4) is 0 Å². The van der Waals surface area contributed by atoms with Crippen LogP contribution in [0, 0.1) is 5.82 Å². The summed E-state index contributed by atoms with van der Waals surface area (Å²) < 4.78 is 15.3. The summed E-state index contributed by atoms with van der Waals surface area (Å²) in [5, 5.41) is 0.0332. The molecule has 1 aromatic heterocycles. The molecule has 0 radical (unpaired) electrons. The fraction of sp³-hybridized carbons (Fsp3) is 0.0833. The van der Waals surface area contributed by atoms with E-state index >= 15 is 0 Å². The summed E-state index contributed by atoms with van der Waals surface area (Å²) in [4.78, 5) is 4.01. The molecule has 0 aliphatic rings.